The molecule has 0 aliphatic carbocycles. The van der Waals surface area contributed by atoms with Gasteiger partial charge in [-0.1, -0.05) is 12.1 Å². The van der Waals surface area contributed by atoms with Crippen molar-refractivity contribution in [2.45, 2.75) is 19.3 Å². The highest BCUT2D eigenvalue weighted by Gasteiger charge is 2.23. The molecule has 2 heterocycles. The van der Waals surface area contributed by atoms with E-state index < -0.39 is 0 Å². The number of piperazine rings is 1. The summed E-state index contributed by atoms with van der Waals surface area (Å²) in [6.07, 6.45) is 3.50. The van der Waals surface area contributed by atoms with Gasteiger partial charge in [0.25, 0.3) is 0 Å². The molecule has 2 aliphatic heterocycles. The molecule has 2 saturated heterocycles. The number of para-hydroxylation sites is 1. The van der Waals surface area contributed by atoms with Crippen LogP contribution in [0.1, 0.15) is 19.3 Å². The van der Waals surface area contributed by atoms with Crippen LogP contribution < -0.4 is 4.90 Å². The van der Waals surface area contributed by atoms with Crippen LogP contribution in [-0.4, -0.2) is 61.5 Å². The number of carbonyl (C=O) groups excluding carboxylic acids is 1. The Kier molecular flexibility index (Phi) is 4.93. The lowest BCUT2D eigenvalue weighted by Gasteiger charge is -2.37. The van der Waals surface area contributed by atoms with Crippen molar-refractivity contribution in [3.05, 3.63) is 30.1 Å². The van der Waals surface area contributed by atoms with E-state index in [1.165, 1.54) is 12.5 Å². The molecule has 1 aromatic carbocycles. The van der Waals surface area contributed by atoms with Crippen molar-refractivity contribution in [3.63, 3.8) is 0 Å². The van der Waals surface area contributed by atoms with E-state index in [2.05, 4.69) is 9.80 Å². The number of carbonyl (C=O) groups is 1. The molecule has 3 rings (SSSR count). The smallest absolute Gasteiger partial charge is 0.236 e. The third kappa shape index (κ3) is 3.58. The Morgan fingerprint density at radius 1 is 0.955 bits per heavy atom. The number of likely N-dealkylation sites (tertiary alicyclic amines) is 1. The molecule has 0 bridgehead atoms. The van der Waals surface area contributed by atoms with Crippen molar-refractivity contribution in [1.29, 1.82) is 0 Å². The summed E-state index contributed by atoms with van der Waals surface area (Å²) in [5, 5.41) is 0. The molecule has 120 valence electrons. The van der Waals surface area contributed by atoms with E-state index in [0.717, 1.165) is 52.1 Å². The van der Waals surface area contributed by atoms with Crippen LogP contribution in [-0.2, 0) is 4.79 Å². The van der Waals surface area contributed by atoms with Gasteiger partial charge in [0.1, 0.15) is 5.82 Å². The number of benzene rings is 1. The summed E-state index contributed by atoms with van der Waals surface area (Å²) >= 11 is 0. The van der Waals surface area contributed by atoms with Gasteiger partial charge in [-0.05, 0) is 31.4 Å². The molecule has 1 aromatic rings. The molecule has 0 spiro atoms. The predicted molar refractivity (Wildman–Crippen MR) is 85.5 cm³/mol. The molecule has 5 heteroatoms. The van der Waals surface area contributed by atoms with Gasteiger partial charge in [0.05, 0.1) is 12.2 Å². The van der Waals surface area contributed by atoms with E-state index in [1.54, 1.807) is 6.07 Å². The quantitative estimate of drug-likeness (QED) is 0.854. The van der Waals surface area contributed by atoms with Gasteiger partial charge in [0.15, 0.2) is 0 Å². The summed E-state index contributed by atoms with van der Waals surface area (Å²) in [4.78, 5) is 18.5. The first-order valence-corrected chi connectivity index (χ1v) is 8.23. The number of nitrogens with zero attached hydrogens (tertiary/aromatic N) is 3. The summed E-state index contributed by atoms with van der Waals surface area (Å²) in [6.45, 7) is 5.50. The number of piperidine rings is 1. The Labute approximate surface area is 131 Å². The zero-order valence-electron chi connectivity index (χ0n) is 13.0. The summed E-state index contributed by atoms with van der Waals surface area (Å²) in [5.41, 5.74) is 0.671. The Bertz CT molecular complexity index is 508. The lowest BCUT2D eigenvalue weighted by atomic mass is 10.1. The summed E-state index contributed by atoms with van der Waals surface area (Å²) in [7, 11) is 0. The second-order valence-corrected chi connectivity index (χ2v) is 6.16. The van der Waals surface area contributed by atoms with Crippen LogP contribution in [0.15, 0.2) is 24.3 Å². The van der Waals surface area contributed by atoms with E-state index in [0.29, 0.717) is 12.2 Å². The lowest BCUT2D eigenvalue weighted by molar-refractivity contribution is -0.133. The number of rotatable bonds is 3. The number of hydrogen-bond donors (Lipinski definition) is 0. The minimum atomic E-state index is -0.166. The molecule has 1 amide bonds. The summed E-state index contributed by atoms with van der Waals surface area (Å²) in [6, 6.07) is 6.91. The Morgan fingerprint density at radius 2 is 1.64 bits per heavy atom. The minimum Gasteiger partial charge on any atom is -0.367 e. The number of halogens is 1. The van der Waals surface area contributed by atoms with E-state index in [1.807, 2.05) is 17.0 Å². The van der Waals surface area contributed by atoms with Crippen LogP contribution in [0, 0.1) is 5.82 Å². The average molecular weight is 305 g/mol. The fraction of sp³-hybridized carbons (Fsp3) is 0.588. The fourth-order valence-electron chi connectivity index (χ4n) is 3.29. The van der Waals surface area contributed by atoms with Gasteiger partial charge in [-0.3, -0.25) is 9.69 Å². The van der Waals surface area contributed by atoms with Gasteiger partial charge in [0.2, 0.25) is 5.91 Å². The maximum Gasteiger partial charge on any atom is 0.236 e. The third-order valence-electron chi connectivity index (χ3n) is 4.63. The molecular weight excluding hydrogens is 281 g/mol. The zero-order valence-corrected chi connectivity index (χ0v) is 13.0. The van der Waals surface area contributed by atoms with Crippen LogP contribution in [0.25, 0.3) is 0 Å². The Balaban J connectivity index is 1.49. The van der Waals surface area contributed by atoms with Crippen molar-refractivity contribution in [2.75, 3.05) is 50.7 Å². The van der Waals surface area contributed by atoms with E-state index in [9.17, 15) is 9.18 Å². The molecule has 0 unspecified atom stereocenters. The van der Waals surface area contributed by atoms with Gasteiger partial charge in [-0.2, -0.15) is 0 Å². The average Bonchev–Trinajstić information content (AvgIpc) is 2.57. The molecule has 0 radical (unpaired) electrons. The summed E-state index contributed by atoms with van der Waals surface area (Å²) in [5.74, 6) is 0.0828. The monoisotopic (exact) mass is 305 g/mol. The highest BCUT2D eigenvalue weighted by molar-refractivity contribution is 5.78. The second kappa shape index (κ2) is 7.09. The van der Waals surface area contributed by atoms with Crippen molar-refractivity contribution in [1.82, 2.24) is 9.80 Å². The Morgan fingerprint density at radius 3 is 2.32 bits per heavy atom. The van der Waals surface area contributed by atoms with Crippen molar-refractivity contribution in [3.8, 4) is 0 Å². The summed E-state index contributed by atoms with van der Waals surface area (Å²) < 4.78 is 13.8. The second-order valence-electron chi connectivity index (χ2n) is 6.16. The van der Waals surface area contributed by atoms with Crippen LogP contribution in [0.2, 0.25) is 0 Å². The highest BCUT2D eigenvalue weighted by atomic mass is 19.1. The van der Waals surface area contributed by atoms with E-state index >= 15 is 0 Å². The first kappa shape index (κ1) is 15.3. The highest BCUT2D eigenvalue weighted by Crippen LogP contribution is 2.20. The maximum absolute atomic E-state index is 13.8. The molecule has 0 atom stereocenters. The van der Waals surface area contributed by atoms with Crippen LogP contribution in [0.5, 0.6) is 0 Å². The molecule has 2 fully saturated rings. The first-order chi connectivity index (χ1) is 10.7. The first-order valence-electron chi connectivity index (χ1n) is 8.23. The molecule has 0 N–H and O–H groups in total. The van der Waals surface area contributed by atoms with Gasteiger partial charge < -0.3 is 9.80 Å². The van der Waals surface area contributed by atoms with Crippen LogP contribution in [0.3, 0.4) is 0 Å². The SMILES string of the molecule is O=C(CN1CCN(c2ccccc2F)CC1)N1CCCCC1. The molecule has 2 aliphatic rings. The van der Waals surface area contributed by atoms with Crippen LogP contribution in [0.4, 0.5) is 10.1 Å². The molecule has 0 saturated carbocycles. The maximum atomic E-state index is 13.8. The number of amides is 1. The van der Waals surface area contributed by atoms with Gasteiger partial charge >= 0.3 is 0 Å². The van der Waals surface area contributed by atoms with Crippen molar-refractivity contribution >= 4 is 11.6 Å². The van der Waals surface area contributed by atoms with Gasteiger partial charge in [-0.25, -0.2) is 4.39 Å². The topological polar surface area (TPSA) is 26.8 Å². The minimum absolute atomic E-state index is 0.166. The van der Waals surface area contributed by atoms with E-state index in [-0.39, 0.29) is 11.7 Å². The van der Waals surface area contributed by atoms with E-state index in [4.69, 9.17) is 0 Å². The normalized spacial score (nSPS) is 20.2. The zero-order chi connectivity index (χ0) is 15.4. The standard InChI is InChI=1S/C17H24FN3O/c18-15-6-2-3-7-16(15)20-12-10-19(11-13-20)14-17(22)21-8-4-1-5-9-21/h2-3,6-7H,1,4-5,8-14H2. The molecule has 22 heavy (non-hydrogen) atoms. The lowest BCUT2D eigenvalue weighted by Crippen LogP contribution is -2.50. The third-order valence-corrected chi connectivity index (χ3v) is 4.63. The molecule has 0 aromatic heterocycles. The predicted octanol–water partition coefficient (Wildman–Crippen LogP) is 1.96. The number of hydrogen-bond acceptors (Lipinski definition) is 3. The van der Waals surface area contributed by atoms with Crippen molar-refractivity contribution < 1.29 is 9.18 Å². The Hall–Kier alpha value is -1.62. The van der Waals surface area contributed by atoms with Gasteiger partial charge in [0, 0.05) is 39.3 Å². The van der Waals surface area contributed by atoms with Crippen LogP contribution >= 0.6 is 0 Å². The molecule has 4 nitrogen and oxygen atoms in total. The van der Waals surface area contributed by atoms with Gasteiger partial charge in [-0.15, -0.1) is 0 Å². The largest absolute Gasteiger partial charge is 0.367 e. The molecular formula is C17H24FN3O. The van der Waals surface area contributed by atoms with Crippen molar-refractivity contribution in [2.24, 2.45) is 0 Å². The number of anilines is 1. The fourth-order valence-corrected chi connectivity index (χ4v) is 3.29.